The monoisotopic (exact) mass is 403 g/mol. The van der Waals surface area contributed by atoms with E-state index in [1.165, 1.54) is 18.4 Å². The molecule has 0 aliphatic heterocycles. The van der Waals surface area contributed by atoms with E-state index in [0.29, 0.717) is 24.6 Å². The standard InChI is InChI=1S/C22H33N3O4/c1-25(14-12-18-9-10-19(28-2)20(15-18)29-3)16-21(26)24-22(27)23-13-11-17-7-5-4-6-8-17/h7,9-10,15H,4-6,8,11-14,16H2,1-3H3,(H2,23,24,26,27). The zero-order chi connectivity index (χ0) is 21.1. The van der Waals surface area contributed by atoms with Crippen LogP contribution in [-0.2, 0) is 11.2 Å². The first-order valence-corrected chi connectivity index (χ1v) is 10.2. The molecule has 29 heavy (non-hydrogen) atoms. The molecule has 1 aliphatic rings. The van der Waals surface area contributed by atoms with Crippen molar-refractivity contribution in [1.29, 1.82) is 0 Å². The molecule has 0 radical (unpaired) electrons. The highest BCUT2D eigenvalue weighted by Crippen LogP contribution is 2.27. The van der Waals surface area contributed by atoms with Gasteiger partial charge < -0.3 is 14.8 Å². The van der Waals surface area contributed by atoms with Gasteiger partial charge in [-0.15, -0.1) is 0 Å². The molecular formula is C22H33N3O4. The maximum atomic E-state index is 12.1. The maximum Gasteiger partial charge on any atom is 0.321 e. The normalized spacial score (nSPS) is 13.6. The Balaban J connectivity index is 1.66. The van der Waals surface area contributed by atoms with Crippen LogP contribution in [0.1, 0.15) is 37.7 Å². The SMILES string of the molecule is COc1ccc(CCN(C)CC(=O)NC(=O)NCCC2=CCCCC2)cc1OC. The molecule has 0 spiro atoms. The van der Waals surface area contributed by atoms with Gasteiger partial charge in [-0.2, -0.15) is 0 Å². The fourth-order valence-electron chi connectivity index (χ4n) is 3.36. The van der Waals surface area contributed by atoms with E-state index >= 15 is 0 Å². The number of carbonyl (C=O) groups excluding carboxylic acids is 2. The highest BCUT2D eigenvalue weighted by atomic mass is 16.5. The molecule has 0 saturated heterocycles. The molecule has 1 aromatic carbocycles. The molecule has 2 N–H and O–H groups in total. The lowest BCUT2D eigenvalue weighted by molar-refractivity contribution is -0.120. The van der Waals surface area contributed by atoms with E-state index in [4.69, 9.17) is 9.47 Å². The Morgan fingerprint density at radius 1 is 1.10 bits per heavy atom. The molecule has 3 amide bonds. The molecular weight excluding hydrogens is 370 g/mol. The first-order chi connectivity index (χ1) is 14.0. The van der Waals surface area contributed by atoms with Crippen molar-refractivity contribution in [1.82, 2.24) is 15.5 Å². The number of nitrogens with zero attached hydrogens (tertiary/aromatic N) is 1. The smallest absolute Gasteiger partial charge is 0.321 e. The molecule has 7 nitrogen and oxygen atoms in total. The van der Waals surface area contributed by atoms with Gasteiger partial charge in [0.2, 0.25) is 5.91 Å². The summed E-state index contributed by atoms with van der Waals surface area (Å²) in [7, 11) is 5.07. The predicted octanol–water partition coefficient (Wildman–Crippen LogP) is 2.89. The second kappa shape index (κ2) is 12.1. The van der Waals surface area contributed by atoms with E-state index in [-0.39, 0.29) is 12.5 Å². The van der Waals surface area contributed by atoms with E-state index in [9.17, 15) is 9.59 Å². The number of urea groups is 1. The molecule has 0 fully saturated rings. The van der Waals surface area contributed by atoms with Gasteiger partial charge in [-0.05, 0) is 63.3 Å². The lowest BCUT2D eigenvalue weighted by Gasteiger charge is -2.17. The van der Waals surface area contributed by atoms with Crippen LogP contribution in [0.2, 0.25) is 0 Å². The van der Waals surface area contributed by atoms with Crippen molar-refractivity contribution < 1.29 is 19.1 Å². The van der Waals surface area contributed by atoms with E-state index < -0.39 is 6.03 Å². The molecule has 0 atom stereocenters. The van der Waals surface area contributed by atoms with E-state index in [2.05, 4.69) is 16.7 Å². The van der Waals surface area contributed by atoms with Crippen LogP contribution in [0, 0.1) is 0 Å². The van der Waals surface area contributed by atoms with Gasteiger partial charge in [-0.3, -0.25) is 15.0 Å². The fourth-order valence-corrected chi connectivity index (χ4v) is 3.36. The molecule has 1 aromatic rings. The summed E-state index contributed by atoms with van der Waals surface area (Å²) in [6.45, 7) is 1.39. The van der Waals surface area contributed by atoms with Crippen LogP contribution in [0.25, 0.3) is 0 Å². The van der Waals surface area contributed by atoms with E-state index in [1.54, 1.807) is 14.2 Å². The quantitative estimate of drug-likeness (QED) is 0.587. The van der Waals surface area contributed by atoms with Crippen molar-refractivity contribution >= 4 is 11.9 Å². The number of nitrogens with one attached hydrogen (secondary N) is 2. The summed E-state index contributed by atoms with van der Waals surface area (Å²) in [5.41, 5.74) is 2.49. The molecule has 2 rings (SSSR count). The molecule has 160 valence electrons. The zero-order valence-corrected chi connectivity index (χ0v) is 17.8. The Morgan fingerprint density at radius 3 is 2.59 bits per heavy atom. The van der Waals surface area contributed by atoms with Gasteiger partial charge in [0, 0.05) is 13.1 Å². The number of amides is 3. The van der Waals surface area contributed by atoms with Crippen LogP contribution in [0.5, 0.6) is 11.5 Å². The Bertz CT molecular complexity index is 718. The van der Waals surface area contributed by atoms with Crippen LogP contribution in [0.4, 0.5) is 4.79 Å². The van der Waals surface area contributed by atoms with Crippen molar-refractivity contribution in [2.45, 2.75) is 38.5 Å². The summed E-state index contributed by atoms with van der Waals surface area (Å²) in [6, 6.07) is 5.35. The lowest BCUT2D eigenvalue weighted by atomic mass is 9.97. The minimum Gasteiger partial charge on any atom is -0.493 e. The van der Waals surface area contributed by atoms with E-state index in [0.717, 1.165) is 31.2 Å². The Labute approximate surface area is 173 Å². The molecule has 7 heteroatoms. The minimum absolute atomic E-state index is 0.159. The third-order valence-electron chi connectivity index (χ3n) is 5.01. The zero-order valence-electron chi connectivity index (χ0n) is 17.8. The Kier molecular flexibility index (Phi) is 9.50. The maximum absolute atomic E-state index is 12.1. The molecule has 0 saturated carbocycles. The highest BCUT2D eigenvalue weighted by molar-refractivity contribution is 5.95. The van der Waals surface area contributed by atoms with Gasteiger partial charge in [0.1, 0.15) is 0 Å². The molecule has 1 aliphatic carbocycles. The summed E-state index contributed by atoms with van der Waals surface area (Å²) in [5, 5.41) is 5.15. The number of allylic oxidation sites excluding steroid dienone is 1. The average molecular weight is 404 g/mol. The Hall–Kier alpha value is -2.54. The third kappa shape index (κ3) is 8.15. The number of hydrogen-bond acceptors (Lipinski definition) is 5. The fraction of sp³-hybridized carbons (Fsp3) is 0.545. The summed E-state index contributed by atoms with van der Waals surface area (Å²) >= 11 is 0. The number of ether oxygens (including phenoxy) is 2. The molecule has 0 heterocycles. The van der Waals surface area contributed by atoms with E-state index in [1.807, 2.05) is 30.1 Å². The third-order valence-corrected chi connectivity index (χ3v) is 5.01. The predicted molar refractivity (Wildman–Crippen MR) is 113 cm³/mol. The van der Waals surface area contributed by atoms with Crippen LogP contribution in [-0.4, -0.2) is 57.7 Å². The van der Waals surface area contributed by atoms with Crippen molar-refractivity contribution in [3.8, 4) is 11.5 Å². The highest BCUT2D eigenvalue weighted by Gasteiger charge is 2.12. The topological polar surface area (TPSA) is 79.9 Å². The van der Waals surface area contributed by atoms with Crippen LogP contribution < -0.4 is 20.1 Å². The van der Waals surface area contributed by atoms with Gasteiger partial charge in [0.25, 0.3) is 0 Å². The largest absolute Gasteiger partial charge is 0.493 e. The van der Waals surface area contributed by atoms with Crippen LogP contribution in [0.3, 0.4) is 0 Å². The number of carbonyl (C=O) groups is 2. The molecule has 0 aromatic heterocycles. The number of likely N-dealkylation sites (N-methyl/N-ethyl adjacent to an activating group) is 1. The van der Waals surface area contributed by atoms with Gasteiger partial charge in [0.05, 0.1) is 20.8 Å². The van der Waals surface area contributed by atoms with Crippen molar-refractivity contribution in [2.24, 2.45) is 0 Å². The number of benzene rings is 1. The number of methoxy groups -OCH3 is 2. The summed E-state index contributed by atoms with van der Waals surface area (Å²) in [4.78, 5) is 25.8. The average Bonchev–Trinajstić information content (AvgIpc) is 2.72. The van der Waals surface area contributed by atoms with Crippen molar-refractivity contribution in [3.05, 3.63) is 35.4 Å². The lowest BCUT2D eigenvalue weighted by Crippen LogP contribution is -2.44. The van der Waals surface area contributed by atoms with Gasteiger partial charge >= 0.3 is 6.03 Å². The minimum atomic E-state index is -0.431. The van der Waals surface area contributed by atoms with Gasteiger partial charge in [0.15, 0.2) is 11.5 Å². The molecule has 0 unspecified atom stereocenters. The Morgan fingerprint density at radius 2 is 1.90 bits per heavy atom. The van der Waals surface area contributed by atoms with Crippen LogP contribution in [0.15, 0.2) is 29.8 Å². The van der Waals surface area contributed by atoms with Crippen molar-refractivity contribution in [3.63, 3.8) is 0 Å². The second-order valence-electron chi connectivity index (χ2n) is 7.34. The van der Waals surface area contributed by atoms with Crippen molar-refractivity contribution in [2.75, 3.05) is 40.9 Å². The molecule has 0 bridgehead atoms. The first-order valence-electron chi connectivity index (χ1n) is 10.2. The van der Waals surface area contributed by atoms with Gasteiger partial charge in [-0.25, -0.2) is 4.79 Å². The number of hydrogen-bond donors (Lipinski definition) is 2. The summed E-state index contributed by atoms with van der Waals surface area (Å²) in [6.07, 6.45) is 8.61. The number of rotatable bonds is 10. The first kappa shape index (κ1) is 22.7. The summed E-state index contributed by atoms with van der Waals surface area (Å²) in [5.74, 6) is 1.06. The second-order valence-corrected chi connectivity index (χ2v) is 7.34. The van der Waals surface area contributed by atoms with Crippen LogP contribution >= 0.6 is 0 Å². The summed E-state index contributed by atoms with van der Waals surface area (Å²) < 4.78 is 10.6. The van der Waals surface area contributed by atoms with Gasteiger partial charge in [-0.1, -0.05) is 17.7 Å². The number of imide groups is 1.